The smallest absolute Gasteiger partial charge is 0.226 e. The number of ether oxygens (including phenoxy) is 1. The van der Waals surface area contributed by atoms with Gasteiger partial charge in [0.15, 0.2) is 5.78 Å². The Hall–Kier alpha value is -2.32. The largest absolute Gasteiger partial charge is 0.484 e. The molecule has 5 nitrogen and oxygen atoms in total. The van der Waals surface area contributed by atoms with Gasteiger partial charge in [-0.2, -0.15) is 0 Å². The molecule has 0 fully saturated rings. The third kappa shape index (κ3) is 5.13. The van der Waals surface area contributed by atoms with Crippen molar-refractivity contribution in [2.24, 2.45) is 0 Å². The van der Waals surface area contributed by atoms with Crippen molar-refractivity contribution in [3.63, 3.8) is 0 Å². The van der Waals surface area contributed by atoms with E-state index >= 15 is 0 Å². The van der Waals surface area contributed by atoms with Crippen LogP contribution in [0.4, 0.5) is 0 Å². The van der Waals surface area contributed by atoms with Gasteiger partial charge in [-0.05, 0) is 85.8 Å². The van der Waals surface area contributed by atoms with Gasteiger partial charge in [-0.15, -0.1) is 0 Å². The van der Waals surface area contributed by atoms with Crippen molar-refractivity contribution in [2.75, 3.05) is 0 Å². The Balaban J connectivity index is 1.64. The number of fused-ring (bicyclic) bond motifs is 1. The van der Waals surface area contributed by atoms with Crippen LogP contribution >= 0.6 is 34.2 Å². The fourth-order valence-corrected chi connectivity index (χ4v) is 3.75. The van der Waals surface area contributed by atoms with Crippen molar-refractivity contribution >= 4 is 40.0 Å². The molecule has 0 bridgehead atoms. The van der Waals surface area contributed by atoms with Crippen LogP contribution in [0.3, 0.4) is 0 Å². The molecule has 1 aliphatic rings. The Kier molecular flexibility index (Phi) is 6.12. The molecule has 160 valence electrons. The molecule has 7 heteroatoms. The second-order valence-corrected chi connectivity index (χ2v) is 10.1. The monoisotopic (exact) mass is 548 g/mol. The van der Waals surface area contributed by atoms with Gasteiger partial charge < -0.3 is 14.5 Å². The molecule has 2 aromatic carbocycles. The van der Waals surface area contributed by atoms with Gasteiger partial charge in [-0.25, -0.2) is 4.98 Å². The number of hydrogen-bond acceptors (Lipinski definition) is 5. The molecule has 0 amide bonds. The first-order valence-corrected chi connectivity index (χ1v) is 11.3. The molecule has 0 saturated heterocycles. The highest BCUT2D eigenvalue weighted by atomic mass is 127. The van der Waals surface area contributed by atoms with Gasteiger partial charge in [-0.1, -0.05) is 11.6 Å². The van der Waals surface area contributed by atoms with Crippen LogP contribution in [-0.4, -0.2) is 22.4 Å². The van der Waals surface area contributed by atoms with Crippen LogP contribution in [-0.2, 0) is 6.42 Å². The lowest BCUT2D eigenvalue weighted by Crippen LogP contribution is -2.37. The lowest BCUT2D eigenvalue weighted by atomic mass is 9.93. The molecular formula is C24H22ClIN2O3. The highest BCUT2D eigenvalue weighted by Crippen LogP contribution is 2.34. The van der Waals surface area contributed by atoms with Crippen LogP contribution in [0.5, 0.6) is 5.75 Å². The molecule has 1 aromatic heterocycles. The maximum Gasteiger partial charge on any atom is 0.226 e. The zero-order chi connectivity index (χ0) is 22.2. The average molecular weight is 549 g/mol. The Morgan fingerprint density at radius 1 is 1.19 bits per heavy atom. The molecule has 31 heavy (non-hydrogen) atoms. The second kappa shape index (κ2) is 8.67. The van der Waals surface area contributed by atoms with Gasteiger partial charge in [0.05, 0.1) is 17.3 Å². The topological polar surface area (TPSA) is 64.4 Å². The molecular weight excluding hydrogens is 527 g/mol. The number of aromatic nitrogens is 1. The number of carbonyl (C=O) groups is 1. The SMILES string of the molecule is CC(C)(C)N/C=C1\C(=O)c2cc(Cl)ccc2OC1Cc1cnc(-c2ccc(I)cc2)o1. The summed E-state index contributed by atoms with van der Waals surface area (Å²) in [6.45, 7) is 6.09. The predicted octanol–water partition coefficient (Wildman–Crippen LogP) is 6.06. The van der Waals surface area contributed by atoms with Gasteiger partial charge in [0.2, 0.25) is 5.89 Å². The fraction of sp³-hybridized carbons (Fsp3) is 0.250. The van der Waals surface area contributed by atoms with Crippen molar-refractivity contribution in [3.8, 4) is 17.2 Å². The lowest BCUT2D eigenvalue weighted by molar-refractivity contribution is 0.0957. The Morgan fingerprint density at radius 3 is 2.65 bits per heavy atom. The maximum absolute atomic E-state index is 13.3. The van der Waals surface area contributed by atoms with Gasteiger partial charge in [-0.3, -0.25) is 4.79 Å². The Morgan fingerprint density at radius 2 is 1.94 bits per heavy atom. The standard InChI is InChI=1S/C24H22ClIN2O3/c1-24(2,3)28-13-19-21(31-20-9-6-15(25)10-18(20)22(19)29)11-17-12-27-23(30-17)14-4-7-16(26)8-5-14/h4-10,12-13,21,28H,11H2,1-3H3/b19-13-. The molecule has 1 N–H and O–H groups in total. The molecule has 4 rings (SSSR count). The van der Waals surface area contributed by atoms with Crippen LogP contribution in [0.25, 0.3) is 11.5 Å². The molecule has 1 aliphatic heterocycles. The molecule has 2 heterocycles. The average Bonchev–Trinajstić information content (AvgIpc) is 3.16. The third-order valence-corrected chi connectivity index (χ3v) is 5.71. The Bertz CT molecular complexity index is 1150. The molecule has 0 spiro atoms. The van der Waals surface area contributed by atoms with E-state index in [4.69, 9.17) is 20.8 Å². The van der Waals surface area contributed by atoms with Crippen LogP contribution in [0.2, 0.25) is 5.02 Å². The number of carbonyl (C=O) groups excluding carboxylic acids is 1. The lowest BCUT2D eigenvalue weighted by Gasteiger charge is -2.29. The second-order valence-electron chi connectivity index (χ2n) is 8.41. The van der Waals surface area contributed by atoms with Crippen molar-refractivity contribution in [1.82, 2.24) is 10.3 Å². The van der Waals surface area contributed by atoms with E-state index in [1.165, 1.54) is 0 Å². The van der Waals surface area contributed by atoms with Crippen molar-refractivity contribution < 1.29 is 13.9 Å². The number of benzene rings is 2. The van der Waals surface area contributed by atoms with E-state index in [0.29, 0.717) is 40.0 Å². The number of halogens is 2. The number of hydrogen-bond donors (Lipinski definition) is 1. The molecule has 3 aromatic rings. The van der Waals surface area contributed by atoms with Gasteiger partial charge in [0, 0.05) is 32.3 Å². The number of rotatable bonds is 4. The van der Waals surface area contributed by atoms with E-state index < -0.39 is 6.10 Å². The van der Waals surface area contributed by atoms with Gasteiger partial charge in [0.25, 0.3) is 0 Å². The molecule has 0 radical (unpaired) electrons. The molecule has 0 aliphatic carbocycles. The predicted molar refractivity (Wildman–Crippen MR) is 130 cm³/mol. The van der Waals surface area contributed by atoms with Crippen molar-refractivity contribution in [3.05, 3.63) is 80.4 Å². The fourth-order valence-electron chi connectivity index (χ4n) is 3.22. The summed E-state index contributed by atoms with van der Waals surface area (Å²) in [7, 11) is 0. The third-order valence-electron chi connectivity index (χ3n) is 4.76. The van der Waals surface area contributed by atoms with Gasteiger partial charge >= 0.3 is 0 Å². The Labute approximate surface area is 200 Å². The minimum atomic E-state index is -0.506. The number of oxazole rings is 1. The van der Waals surface area contributed by atoms with E-state index in [-0.39, 0.29) is 11.3 Å². The van der Waals surface area contributed by atoms with E-state index in [9.17, 15) is 4.79 Å². The molecule has 0 saturated carbocycles. The first-order valence-electron chi connectivity index (χ1n) is 9.89. The molecule has 1 unspecified atom stereocenters. The zero-order valence-corrected chi connectivity index (χ0v) is 20.3. The minimum Gasteiger partial charge on any atom is -0.484 e. The highest BCUT2D eigenvalue weighted by molar-refractivity contribution is 14.1. The summed E-state index contributed by atoms with van der Waals surface area (Å²) >= 11 is 8.37. The quantitative estimate of drug-likeness (QED) is 0.317. The van der Waals surface area contributed by atoms with E-state index in [0.717, 1.165) is 9.13 Å². The normalized spacial score (nSPS) is 17.4. The van der Waals surface area contributed by atoms with Crippen molar-refractivity contribution in [2.45, 2.75) is 38.8 Å². The number of nitrogens with zero attached hydrogens (tertiary/aromatic N) is 1. The highest BCUT2D eigenvalue weighted by Gasteiger charge is 2.33. The van der Waals surface area contributed by atoms with Gasteiger partial charge in [0.1, 0.15) is 17.6 Å². The van der Waals surface area contributed by atoms with Crippen LogP contribution in [0.15, 0.2) is 64.9 Å². The minimum absolute atomic E-state index is 0.108. The summed E-state index contributed by atoms with van der Waals surface area (Å²) in [6, 6.07) is 13.0. The van der Waals surface area contributed by atoms with E-state index in [1.54, 1.807) is 30.6 Å². The van der Waals surface area contributed by atoms with E-state index in [2.05, 4.69) is 32.9 Å². The first kappa shape index (κ1) is 21.9. The molecule has 1 atom stereocenters. The zero-order valence-electron chi connectivity index (χ0n) is 17.4. The van der Waals surface area contributed by atoms with E-state index in [1.807, 2.05) is 45.0 Å². The first-order chi connectivity index (χ1) is 14.7. The maximum atomic E-state index is 13.3. The summed E-state index contributed by atoms with van der Waals surface area (Å²) in [6.07, 6.45) is 3.30. The van der Waals surface area contributed by atoms with Crippen molar-refractivity contribution in [1.29, 1.82) is 0 Å². The number of ketones is 1. The van der Waals surface area contributed by atoms with Crippen LogP contribution in [0.1, 0.15) is 36.9 Å². The number of Topliss-reactive ketones (excluding diaryl/α,β-unsaturated/α-hetero) is 1. The van der Waals surface area contributed by atoms with Crippen LogP contribution in [0, 0.1) is 3.57 Å². The summed E-state index contributed by atoms with van der Waals surface area (Å²) in [5, 5.41) is 3.77. The summed E-state index contributed by atoms with van der Waals surface area (Å²) in [4.78, 5) is 17.7. The summed E-state index contributed by atoms with van der Waals surface area (Å²) in [5.41, 5.74) is 1.69. The summed E-state index contributed by atoms with van der Waals surface area (Å²) in [5.74, 6) is 1.59. The number of nitrogens with one attached hydrogen (secondary N) is 1. The van der Waals surface area contributed by atoms with Crippen LogP contribution < -0.4 is 10.1 Å². The summed E-state index contributed by atoms with van der Waals surface area (Å²) < 4.78 is 13.3.